The Morgan fingerprint density at radius 2 is 2.00 bits per heavy atom. The van der Waals surface area contributed by atoms with E-state index in [0.29, 0.717) is 17.7 Å². The average molecular weight is 388 g/mol. The fraction of sp³-hybridized carbons (Fsp3) is 0.250. The van der Waals surface area contributed by atoms with Gasteiger partial charge in [-0.2, -0.15) is 9.97 Å². The van der Waals surface area contributed by atoms with Crippen LogP contribution in [-0.2, 0) is 13.0 Å². The van der Waals surface area contributed by atoms with Crippen LogP contribution >= 0.6 is 24.0 Å². The number of hydrogen-bond donors (Lipinski definition) is 3. The third-order valence-corrected chi connectivity index (χ3v) is 3.73. The molecule has 0 saturated heterocycles. The topological polar surface area (TPSA) is 79.6 Å². The van der Waals surface area contributed by atoms with E-state index in [9.17, 15) is 8.78 Å². The summed E-state index contributed by atoms with van der Waals surface area (Å²) in [4.78, 5) is 10.9. The summed E-state index contributed by atoms with van der Waals surface area (Å²) in [5, 5.41) is 3.08. The summed E-state index contributed by atoms with van der Waals surface area (Å²) in [6.07, 6.45) is 0.326. The van der Waals surface area contributed by atoms with E-state index < -0.39 is 5.82 Å². The molecular formula is C16H17Cl2F2N5. The molecule has 134 valence electrons. The molecule has 0 amide bonds. The van der Waals surface area contributed by atoms with E-state index >= 15 is 0 Å². The van der Waals surface area contributed by atoms with Crippen molar-refractivity contribution in [2.24, 2.45) is 5.73 Å². The van der Waals surface area contributed by atoms with E-state index in [1.54, 1.807) is 25.1 Å². The Labute approximate surface area is 154 Å². The molecule has 0 bridgehead atoms. The highest BCUT2D eigenvalue weighted by molar-refractivity contribution is 6.28. The number of hydrogen-bond acceptors (Lipinski definition) is 4. The van der Waals surface area contributed by atoms with Crippen molar-refractivity contribution >= 4 is 40.9 Å². The first-order valence-corrected chi connectivity index (χ1v) is 7.80. The van der Waals surface area contributed by atoms with Gasteiger partial charge in [-0.1, -0.05) is 18.2 Å². The highest BCUT2D eigenvalue weighted by Gasteiger charge is 2.19. The van der Waals surface area contributed by atoms with Crippen molar-refractivity contribution in [1.82, 2.24) is 15.0 Å². The third-order valence-electron chi connectivity index (χ3n) is 3.57. The molecule has 3 aromatic rings. The van der Waals surface area contributed by atoms with Crippen LogP contribution in [0, 0.1) is 11.6 Å². The number of halogens is 4. The van der Waals surface area contributed by atoms with E-state index in [0.717, 1.165) is 0 Å². The van der Waals surface area contributed by atoms with Gasteiger partial charge in [0.15, 0.2) is 5.82 Å². The summed E-state index contributed by atoms with van der Waals surface area (Å²) in [5.41, 5.74) is 6.78. The molecule has 4 N–H and O–H groups in total. The predicted molar refractivity (Wildman–Crippen MR) is 97.2 cm³/mol. The van der Waals surface area contributed by atoms with Crippen LogP contribution in [-0.4, -0.2) is 21.0 Å². The van der Waals surface area contributed by atoms with Gasteiger partial charge in [0.2, 0.25) is 5.28 Å². The first-order chi connectivity index (χ1) is 11.5. The van der Waals surface area contributed by atoms with Gasteiger partial charge in [-0.15, -0.1) is 12.4 Å². The van der Waals surface area contributed by atoms with Crippen LogP contribution in [0.2, 0.25) is 5.28 Å². The largest absolute Gasteiger partial charge is 0.365 e. The minimum absolute atomic E-state index is 0. The molecule has 0 aliphatic rings. The monoisotopic (exact) mass is 387 g/mol. The maximum absolute atomic E-state index is 14.7. The summed E-state index contributed by atoms with van der Waals surface area (Å²) in [5.74, 6) is -0.624. The standard InChI is InChI=1S/C16H16ClF2N5.ClH/c1-8(20)6-11-13(19)12-14(23-16(17)24-15(12)22-11)21-7-9-4-2-3-5-10(9)18;/h2-5,8H,6-7,20H2,1H3,(H2,21,22,23,24);1H/t8-;/m0./s1. The quantitative estimate of drug-likeness (QED) is 0.581. The van der Waals surface area contributed by atoms with E-state index in [1.807, 2.05) is 0 Å². The zero-order valence-corrected chi connectivity index (χ0v) is 14.9. The van der Waals surface area contributed by atoms with E-state index in [4.69, 9.17) is 17.3 Å². The maximum atomic E-state index is 14.7. The summed E-state index contributed by atoms with van der Waals surface area (Å²) in [7, 11) is 0. The van der Waals surface area contributed by atoms with Gasteiger partial charge >= 0.3 is 0 Å². The molecule has 0 radical (unpaired) electrons. The van der Waals surface area contributed by atoms with Gasteiger partial charge in [0, 0.05) is 24.6 Å². The fourth-order valence-electron chi connectivity index (χ4n) is 2.49. The number of benzene rings is 1. The van der Waals surface area contributed by atoms with Gasteiger partial charge in [0.1, 0.15) is 17.3 Å². The van der Waals surface area contributed by atoms with E-state index in [1.165, 1.54) is 6.07 Å². The van der Waals surface area contributed by atoms with E-state index in [2.05, 4.69) is 20.3 Å². The van der Waals surface area contributed by atoms with Crippen LogP contribution in [0.15, 0.2) is 24.3 Å². The minimum Gasteiger partial charge on any atom is -0.365 e. The van der Waals surface area contributed by atoms with Gasteiger partial charge < -0.3 is 16.0 Å². The number of aromatic amines is 1. The van der Waals surface area contributed by atoms with Crippen LogP contribution < -0.4 is 11.1 Å². The molecule has 0 aliphatic heterocycles. The highest BCUT2D eigenvalue weighted by atomic mass is 35.5. The Morgan fingerprint density at radius 1 is 1.28 bits per heavy atom. The molecule has 1 atom stereocenters. The minimum atomic E-state index is -0.477. The van der Waals surface area contributed by atoms with Crippen molar-refractivity contribution < 1.29 is 8.78 Å². The second kappa shape index (κ2) is 7.95. The second-order valence-electron chi connectivity index (χ2n) is 5.61. The molecule has 2 heterocycles. The molecule has 2 aromatic heterocycles. The second-order valence-corrected chi connectivity index (χ2v) is 5.95. The smallest absolute Gasteiger partial charge is 0.226 e. The molecule has 3 rings (SSSR count). The molecule has 5 nitrogen and oxygen atoms in total. The molecule has 0 saturated carbocycles. The van der Waals surface area contributed by atoms with Crippen molar-refractivity contribution in [3.63, 3.8) is 0 Å². The van der Waals surface area contributed by atoms with Crippen LogP contribution in [0.5, 0.6) is 0 Å². The Bertz CT molecular complexity index is 882. The SMILES string of the molecule is C[C@H](N)Cc1[nH]c2nc(Cl)nc(NCc3ccccc3F)c2c1F.Cl. The van der Waals surface area contributed by atoms with Gasteiger partial charge in [0.05, 0.1) is 11.1 Å². The lowest BCUT2D eigenvalue weighted by Gasteiger charge is -2.08. The van der Waals surface area contributed by atoms with Crippen molar-refractivity contribution in [2.45, 2.75) is 25.9 Å². The molecule has 0 unspecified atom stereocenters. The molecule has 1 aromatic carbocycles. The third kappa shape index (κ3) is 4.18. The van der Waals surface area contributed by atoms with Crippen molar-refractivity contribution in [3.8, 4) is 0 Å². The Hall–Kier alpha value is -1.96. The molecule has 0 aliphatic carbocycles. The molecule has 9 heteroatoms. The Morgan fingerprint density at radius 3 is 2.68 bits per heavy atom. The van der Waals surface area contributed by atoms with Crippen molar-refractivity contribution in [2.75, 3.05) is 5.32 Å². The fourth-order valence-corrected chi connectivity index (χ4v) is 2.66. The number of aromatic nitrogens is 3. The first-order valence-electron chi connectivity index (χ1n) is 7.42. The average Bonchev–Trinajstić information content (AvgIpc) is 2.81. The summed E-state index contributed by atoms with van der Waals surface area (Å²) < 4.78 is 28.4. The normalized spacial score (nSPS) is 12.0. The number of H-pyrrole nitrogens is 1. The molecular weight excluding hydrogens is 371 g/mol. The van der Waals surface area contributed by atoms with Crippen molar-refractivity contribution in [1.29, 1.82) is 0 Å². The summed E-state index contributed by atoms with van der Waals surface area (Å²) in [6.45, 7) is 1.92. The number of anilines is 1. The number of nitrogens with one attached hydrogen (secondary N) is 2. The van der Waals surface area contributed by atoms with Gasteiger partial charge in [0.25, 0.3) is 0 Å². The zero-order chi connectivity index (χ0) is 17.3. The van der Waals surface area contributed by atoms with Gasteiger partial charge in [-0.25, -0.2) is 8.78 Å². The Balaban J connectivity index is 0.00000225. The summed E-state index contributed by atoms with van der Waals surface area (Å²) in [6, 6.07) is 6.10. The maximum Gasteiger partial charge on any atom is 0.226 e. The summed E-state index contributed by atoms with van der Waals surface area (Å²) >= 11 is 5.90. The Kier molecular flexibility index (Phi) is 6.16. The lowest BCUT2D eigenvalue weighted by atomic mass is 10.2. The first kappa shape index (κ1) is 19.4. The lowest BCUT2D eigenvalue weighted by Crippen LogP contribution is -2.18. The molecule has 25 heavy (non-hydrogen) atoms. The van der Waals surface area contributed by atoms with E-state index in [-0.39, 0.29) is 52.9 Å². The molecule has 0 fully saturated rings. The number of nitrogens with zero attached hydrogens (tertiary/aromatic N) is 2. The lowest BCUT2D eigenvalue weighted by molar-refractivity contribution is 0.602. The van der Waals surface area contributed by atoms with Gasteiger partial charge in [-0.3, -0.25) is 0 Å². The number of rotatable bonds is 5. The van der Waals surface area contributed by atoms with Crippen LogP contribution in [0.25, 0.3) is 11.0 Å². The predicted octanol–water partition coefficient (Wildman–Crippen LogP) is 3.81. The highest BCUT2D eigenvalue weighted by Crippen LogP contribution is 2.28. The van der Waals surface area contributed by atoms with Crippen LogP contribution in [0.4, 0.5) is 14.6 Å². The van der Waals surface area contributed by atoms with Crippen molar-refractivity contribution in [3.05, 3.63) is 52.4 Å². The van der Waals surface area contributed by atoms with Crippen LogP contribution in [0.1, 0.15) is 18.2 Å². The molecule has 0 spiro atoms. The number of nitrogens with two attached hydrogens (primary N) is 1. The van der Waals surface area contributed by atoms with Crippen LogP contribution in [0.3, 0.4) is 0 Å². The van der Waals surface area contributed by atoms with Gasteiger partial charge in [-0.05, 0) is 24.6 Å². The number of fused-ring (bicyclic) bond motifs is 1. The zero-order valence-electron chi connectivity index (χ0n) is 13.3.